The Morgan fingerprint density at radius 2 is 2.06 bits per heavy atom. The van der Waals surface area contributed by atoms with E-state index in [9.17, 15) is 0 Å². The normalized spacial score (nSPS) is 12.2. The molecule has 0 aliphatic heterocycles. The molecule has 0 spiro atoms. The van der Waals surface area contributed by atoms with Crippen molar-refractivity contribution in [3.05, 3.63) is 23.8 Å². The van der Waals surface area contributed by atoms with Gasteiger partial charge in [-0.3, -0.25) is 0 Å². The summed E-state index contributed by atoms with van der Waals surface area (Å²) >= 11 is 0. The molecule has 1 aromatic rings. The summed E-state index contributed by atoms with van der Waals surface area (Å²) in [5, 5.41) is 0. The first-order valence-electron chi connectivity index (χ1n) is 5.72. The first-order chi connectivity index (χ1) is 7.67. The van der Waals surface area contributed by atoms with E-state index in [1.165, 1.54) is 5.56 Å². The Kier molecular flexibility index (Phi) is 5.12. The lowest BCUT2D eigenvalue weighted by Crippen LogP contribution is -2.17. The lowest BCUT2D eigenvalue weighted by molar-refractivity contribution is 0.294. The van der Waals surface area contributed by atoms with Gasteiger partial charge in [0.2, 0.25) is 0 Å². The third-order valence-electron chi connectivity index (χ3n) is 2.25. The van der Waals surface area contributed by atoms with Gasteiger partial charge in [0, 0.05) is 6.04 Å². The molecule has 1 aromatic carbocycles. The van der Waals surface area contributed by atoms with E-state index in [0.717, 1.165) is 24.3 Å². The average molecular weight is 223 g/mol. The van der Waals surface area contributed by atoms with E-state index >= 15 is 0 Å². The van der Waals surface area contributed by atoms with E-state index in [1.807, 2.05) is 25.1 Å². The topological polar surface area (TPSA) is 44.5 Å². The van der Waals surface area contributed by atoms with Crippen molar-refractivity contribution < 1.29 is 9.47 Å². The van der Waals surface area contributed by atoms with Crippen molar-refractivity contribution in [2.45, 2.75) is 32.7 Å². The second-order valence-electron chi connectivity index (χ2n) is 4.02. The van der Waals surface area contributed by atoms with E-state index < -0.39 is 0 Å². The largest absolute Gasteiger partial charge is 0.493 e. The van der Waals surface area contributed by atoms with Crippen LogP contribution in [0.1, 0.15) is 25.8 Å². The number of benzene rings is 1. The van der Waals surface area contributed by atoms with Crippen LogP contribution in [-0.2, 0) is 6.42 Å². The molecule has 0 heterocycles. The molecule has 0 bridgehead atoms. The van der Waals surface area contributed by atoms with Crippen molar-refractivity contribution >= 4 is 0 Å². The van der Waals surface area contributed by atoms with Gasteiger partial charge < -0.3 is 15.2 Å². The summed E-state index contributed by atoms with van der Waals surface area (Å²) < 4.78 is 10.9. The van der Waals surface area contributed by atoms with Crippen LogP contribution < -0.4 is 15.2 Å². The summed E-state index contributed by atoms with van der Waals surface area (Å²) in [4.78, 5) is 0. The van der Waals surface area contributed by atoms with Gasteiger partial charge in [-0.25, -0.2) is 0 Å². The molecule has 90 valence electrons. The molecular formula is C13H21NO2. The van der Waals surface area contributed by atoms with Crippen molar-refractivity contribution in [2.75, 3.05) is 13.7 Å². The number of methoxy groups -OCH3 is 1. The maximum atomic E-state index is 5.77. The zero-order valence-electron chi connectivity index (χ0n) is 10.3. The Hall–Kier alpha value is -1.22. The van der Waals surface area contributed by atoms with Gasteiger partial charge in [0.25, 0.3) is 0 Å². The predicted octanol–water partition coefficient (Wildman–Crippen LogP) is 2.37. The molecule has 0 saturated carbocycles. The van der Waals surface area contributed by atoms with Crippen LogP contribution in [0.2, 0.25) is 0 Å². The Balaban J connectivity index is 2.83. The van der Waals surface area contributed by atoms with Crippen molar-refractivity contribution in [1.29, 1.82) is 0 Å². The second-order valence-corrected chi connectivity index (χ2v) is 4.02. The van der Waals surface area contributed by atoms with E-state index in [0.29, 0.717) is 6.61 Å². The summed E-state index contributed by atoms with van der Waals surface area (Å²) in [6.45, 7) is 4.78. The summed E-state index contributed by atoms with van der Waals surface area (Å²) in [5.41, 5.74) is 6.96. The zero-order valence-corrected chi connectivity index (χ0v) is 10.3. The van der Waals surface area contributed by atoms with Crippen LogP contribution in [0.25, 0.3) is 0 Å². The van der Waals surface area contributed by atoms with Crippen LogP contribution in [0.3, 0.4) is 0 Å². The van der Waals surface area contributed by atoms with E-state index in [-0.39, 0.29) is 6.04 Å². The Morgan fingerprint density at radius 3 is 2.62 bits per heavy atom. The molecule has 0 aliphatic carbocycles. The fourth-order valence-corrected chi connectivity index (χ4v) is 1.54. The highest BCUT2D eigenvalue weighted by Crippen LogP contribution is 2.28. The first-order valence-corrected chi connectivity index (χ1v) is 5.72. The van der Waals surface area contributed by atoms with Crippen LogP contribution in [-0.4, -0.2) is 19.8 Å². The maximum absolute atomic E-state index is 5.77. The lowest BCUT2D eigenvalue weighted by Gasteiger charge is -2.12. The quantitative estimate of drug-likeness (QED) is 0.805. The summed E-state index contributed by atoms with van der Waals surface area (Å²) in [6.07, 6.45) is 1.84. The lowest BCUT2D eigenvalue weighted by atomic mass is 10.1. The zero-order chi connectivity index (χ0) is 12.0. The van der Waals surface area contributed by atoms with Crippen LogP contribution in [0.4, 0.5) is 0 Å². The van der Waals surface area contributed by atoms with Crippen LogP contribution in [0.15, 0.2) is 18.2 Å². The monoisotopic (exact) mass is 223 g/mol. The minimum Gasteiger partial charge on any atom is -0.493 e. The highest BCUT2D eigenvalue weighted by atomic mass is 16.5. The predicted molar refractivity (Wildman–Crippen MR) is 66.1 cm³/mol. The molecular weight excluding hydrogens is 202 g/mol. The molecule has 16 heavy (non-hydrogen) atoms. The summed E-state index contributed by atoms with van der Waals surface area (Å²) in [6, 6.07) is 6.13. The van der Waals surface area contributed by atoms with Gasteiger partial charge in [0.05, 0.1) is 13.7 Å². The van der Waals surface area contributed by atoms with Gasteiger partial charge >= 0.3 is 0 Å². The number of rotatable bonds is 6. The molecule has 3 nitrogen and oxygen atoms in total. The van der Waals surface area contributed by atoms with E-state index in [2.05, 4.69) is 6.92 Å². The van der Waals surface area contributed by atoms with E-state index in [1.54, 1.807) is 7.11 Å². The first kappa shape index (κ1) is 12.8. The van der Waals surface area contributed by atoms with Gasteiger partial charge in [-0.1, -0.05) is 13.0 Å². The Labute approximate surface area is 97.6 Å². The number of hydrogen-bond acceptors (Lipinski definition) is 3. The minimum atomic E-state index is 0.160. The average Bonchev–Trinajstić information content (AvgIpc) is 2.25. The molecule has 0 aromatic heterocycles. The minimum absolute atomic E-state index is 0.160. The van der Waals surface area contributed by atoms with Gasteiger partial charge in [0.1, 0.15) is 0 Å². The summed E-state index contributed by atoms with van der Waals surface area (Å²) in [5.74, 6) is 1.59. The van der Waals surface area contributed by atoms with Crippen LogP contribution >= 0.6 is 0 Å². The molecule has 3 heteroatoms. The smallest absolute Gasteiger partial charge is 0.161 e. The fraction of sp³-hybridized carbons (Fsp3) is 0.538. The SMILES string of the molecule is CCCOc1cc(CC(C)N)ccc1OC. The van der Waals surface area contributed by atoms with Crippen LogP contribution in [0.5, 0.6) is 11.5 Å². The molecule has 0 radical (unpaired) electrons. The number of nitrogens with two attached hydrogens (primary N) is 1. The van der Waals surface area contributed by atoms with Gasteiger partial charge in [-0.15, -0.1) is 0 Å². The molecule has 0 aliphatic rings. The number of ether oxygens (including phenoxy) is 2. The van der Waals surface area contributed by atoms with Gasteiger partial charge in [-0.05, 0) is 37.5 Å². The summed E-state index contributed by atoms with van der Waals surface area (Å²) in [7, 11) is 1.65. The highest BCUT2D eigenvalue weighted by Gasteiger charge is 2.06. The number of hydrogen-bond donors (Lipinski definition) is 1. The Bertz CT molecular complexity index is 324. The molecule has 1 atom stereocenters. The fourth-order valence-electron chi connectivity index (χ4n) is 1.54. The van der Waals surface area contributed by atoms with Crippen molar-refractivity contribution in [3.63, 3.8) is 0 Å². The third-order valence-corrected chi connectivity index (χ3v) is 2.25. The van der Waals surface area contributed by atoms with Crippen LogP contribution in [0, 0.1) is 0 Å². The standard InChI is InChI=1S/C13H21NO2/c1-4-7-16-13-9-11(8-10(2)14)5-6-12(13)15-3/h5-6,9-10H,4,7-8,14H2,1-3H3. The van der Waals surface area contributed by atoms with Crippen molar-refractivity contribution in [3.8, 4) is 11.5 Å². The van der Waals surface area contributed by atoms with Crippen molar-refractivity contribution in [2.24, 2.45) is 5.73 Å². The van der Waals surface area contributed by atoms with Gasteiger partial charge in [-0.2, -0.15) is 0 Å². The van der Waals surface area contributed by atoms with Gasteiger partial charge in [0.15, 0.2) is 11.5 Å². The second kappa shape index (κ2) is 6.38. The molecule has 0 saturated heterocycles. The van der Waals surface area contributed by atoms with Crippen molar-refractivity contribution in [1.82, 2.24) is 0 Å². The third kappa shape index (κ3) is 3.74. The molecule has 2 N–H and O–H groups in total. The molecule has 1 rings (SSSR count). The maximum Gasteiger partial charge on any atom is 0.161 e. The molecule has 0 amide bonds. The molecule has 1 unspecified atom stereocenters. The Morgan fingerprint density at radius 1 is 1.31 bits per heavy atom. The van der Waals surface area contributed by atoms with E-state index in [4.69, 9.17) is 15.2 Å². The molecule has 0 fully saturated rings. The highest BCUT2D eigenvalue weighted by molar-refractivity contribution is 5.43.